The average Bonchev–Trinajstić information content (AvgIpc) is 3.47. The molecule has 4 rings (SSSR count). The molecule has 49 heavy (non-hydrogen) atoms. The summed E-state index contributed by atoms with van der Waals surface area (Å²) in [6, 6.07) is 21.8. The molecule has 4 aromatic rings. The molecular weight excluding hydrogens is 628 g/mol. The maximum absolute atomic E-state index is 13.9. The first-order valence-corrected chi connectivity index (χ1v) is 15.8. The molecule has 0 radical (unpaired) electrons. The summed E-state index contributed by atoms with van der Waals surface area (Å²) in [7, 11) is 0. The smallest absolute Gasteiger partial charge is 0.408 e. The zero-order chi connectivity index (χ0) is 35.4. The first-order valence-electron chi connectivity index (χ1n) is 15.8. The van der Waals surface area contributed by atoms with E-state index in [1.54, 1.807) is 75.5 Å². The van der Waals surface area contributed by atoms with E-state index >= 15 is 0 Å². The van der Waals surface area contributed by atoms with Crippen LogP contribution in [0, 0.1) is 0 Å². The number of amides is 5. The first kappa shape index (κ1) is 36.0. The Balaban J connectivity index is 1.50. The topological polar surface area (TPSA) is 194 Å². The number of nitrogens with one attached hydrogen (secondary N) is 5. The summed E-state index contributed by atoms with van der Waals surface area (Å²) in [6.45, 7) is 4.75. The van der Waals surface area contributed by atoms with Crippen LogP contribution in [0.15, 0.2) is 91.1 Å². The average molecular weight is 671 g/mol. The molecule has 7 N–H and O–H groups in total. The summed E-state index contributed by atoms with van der Waals surface area (Å²) in [5.41, 5.74) is 7.83. The summed E-state index contributed by atoms with van der Waals surface area (Å²) in [5.74, 6) is -2.31. The number of H-pyrrole nitrogens is 1. The second kappa shape index (κ2) is 16.8. The number of carbonyl (C=O) groups excluding carboxylic acids is 5. The van der Waals surface area contributed by atoms with Crippen LogP contribution < -0.4 is 27.0 Å². The highest BCUT2D eigenvalue weighted by atomic mass is 16.6. The maximum atomic E-state index is 13.9. The Hall–Kier alpha value is -5.85. The van der Waals surface area contributed by atoms with Crippen molar-refractivity contribution in [1.29, 1.82) is 0 Å². The van der Waals surface area contributed by atoms with Gasteiger partial charge in [-0.15, -0.1) is 0 Å². The van der Waals surface area contributed by atoms with Crippen LogP contribution in [0.5, 0.6) is 0 Å². The van der Waals surface area contributed by atoms with Gasteiger partial charge in [0.05, 0.1) is 6.54 Å². The van der Waals surface area contributed by atoms with E-state index in [1.165, 1.54) is 0 Å². The lowest BCUT2D eigenvalue weighted by Gasteiger charge is -2.26. The van der Waals surface area contributed by atoms with E-state index in [0.29, 0.717) is 0 Å². The number of ether oxygens (including phenoxy) is 2. The quantitative estimate of drug-likeness (QED) is 0.119. The second-order valence-electron chi connectivity index (χ2n) is 12.4. The normalized spacial score (nSPS) is 13.0. The minimum atomic E-state index is -1.33. The fraction of sp³-hybridized carbons (Fsp3) is 0.306. The summed E-state index contributed by atoms with van der Waals surface area (Å²) < 4.78 is 10.6. The lowest BCUT2D eigenvalue weighted by molar-refractivity contribution is -0.131. The Morgan fingerprint density at radius 1 is 0.714 bits per heavy atom. The van der Waals surface area contributed by atoms with Crippen molar-refractivity contribution >= 4 is 40.8 Å². The molecule has 0 aliphatic heterocycles. The molecule has 13 nitrogen and oxygen atoms in total. The number of hydrogen-bond donors (Lipinski definition) is 6. The number of primary amides is 1. The fourth-order valence-corrected chi connectivity index (χ4v) is 4.97. The number of fused-ring (bicyclic) bond motifs is 1. The molecule has 0 saturated carbocycles. The van der Waals surface area contributed by atoms with Crippen molar-refractivity contribution in [2.45, 2.75) is 63.9 Å². The lowest BCUT2D eigenvalue weighted by Crippen LogP contribution is -2.59. The van der Waals surface area contributed by atoms with E-state index in [4.69, 9.17) is 15.2 Å². The summed E-state index contributed by atoms with van der Waals surface area (Å²) in [6.07, 6.45) is 0.254. The van der Waals surface area contributed by atoms with Crippen LogP contribution in [0.25, 0.3) is 10.9 Å². The monoisotopic (exact) mass is 670 g/mol. The van der Waals surface area contributed by atoms with E-state index in [9.17, 15) is 24.0 Å². The van der Waals surface area contributed by atoms with Gasteiger partial charge in [-0.3, -0.25) is 14.4 Å². The predicted molar refractivity (Wildman–Crippen MR) is 183 cm³/mol. The third kappa shape index (κ3) is 11.4. The molecule has 0 bridgehead atoms. The van der Waals surface area contributed by atoms with Crippen LogP contribution in [-0.4, -0.2) is 65.2 Å². The molecule has 0 aliphatic carbocycles. The van der Waals surface area contributed by atoms with Crippen molar-refractivity contribution in [3.8, 4) is 0 Å². The first-order chi connectivity index (χ1) is 23.4. The molecule has 0 saturated heterocycles. The van der Waals surface area contributed by atoms with E-state index < -0.39 is 53.6 Å². The van der Waals surface area contributed by atoms with Crippen LogP contribution in [0.4, 0.5) is 9.59 Å². The number of carbonyl (C=O) groups is 5. The molecule has 3 aromatic carbocycles. The van der Waals surface area contributed by atoms with Gasteiger partial charge >= 0.3 is 12.2 Å². The van der Waals surface area contributed by atoms with Gasteiger partial charge in [0.15, 0.2) is 0 Å². The second-order valence-corrected chi connectivity index (χ2v) is 12.4. The molecule has 1 heterocycles. The van der Waals surface area contributed by atoms with Crippen molar-refractivity contribution in [3.63, 3.8) is 0 Å². The van der Waals surface area contributed by atoms with Crippen LogP contribution >= 0.6 is 0 Å². The molecule has 1 aromatic heterocycles. The fourth-order valence-electron chi connectivity index (χ4n) is 4.97. The Morgan fingerprint density at radius 3 is 1.92 bits per heavy atom. The molecule has 258 valence electrons. The number of benzene rings is 3. The SMILES string of the molecule is CC(C)(C)OC(=O)N[C@@H](Cc1c[nH]c2ccccc12)C(=O)N[C@@H](Cc1ccccc1)C(=O)N[C@@H](CNC(=O)OCc1ccccc1)C(N)=O. The Morgan fingerprint density at radius 2 is 1.29 bits per heavy atom. The molecule has 3 atom stereocenters. The van der Waals surface area contributed by atoms with Crippen LogP contribution in [-0.2, 0) is 43.3 Å². The molecule has 13 heteroatoms. The number of nitrogens with two attached hydrogens (primary N) is 1. The van der Waals surface area contributed by atoms with Gasteiger partial charge in [0.1, 0.15) is 30.3 Å². The number of alkyl carbamates (subject to hydrolysis) is 2. The minimum absolute atomic E-state index is 0.00248. The lowest BCUT2D eigenvalue weighted by atomic mass is 10.0. The van der Waals surface area contributed by atoms with Crippen molar-refractivity contribution in [3.05, 3.63) is 108 Å². The van der Waals surface area contributed by atoms with Crippen LogP contribution in [0.2, 0.25) is 0 Å². The van der Waals surface area contributed by atoms with Gasteiger partial charge in [0.2, 0.25) is 17.7 Å². The highest BCUT2D eigenvalue weighted by Gasteiger charge is 2.31. The number of hydrogen-bond acceptors (Lipinski definition) is 7. The molecule has 0 aliphatic rings. The molecule has 0 spiro atoms. The summed E-state index contributed by atoms with van der Waals surface area (Å²) in [5, 5.41) is 11.2. The standard InChI is InChI=1S/C36H42N6O7/c1-36(2,3)49-35(47)42-29(19-25-20-38-27-17-11-10-16-26(25)27)33(45)40-28(18-23-12-6-4-7-13-23)32(44)41-30(31(37)43)21-39-34(46)48-22-24-14-8-5-9-15-24/h4-17,20,28-30,38H,18-19,21-22H2,1-3H3,(H2,37,43)(H,39,46)(H,40,45)(H,41,44)(H,42,47)/t28-,29-,30-/m0/s1. The number of aromatic amines is 1. The largest absolute Gasteiger partial charge is 0.445 e. The molecule has 0 fully saturated rings. The summed E-state index contributed by atoms with van der Waals surface area (Å²) >= 11 is 0. The van der Waals surface area contributed by atoms with Crippen molar-refractivity contribution in [1.82, 2.24) is 26.3 Å². The van der Waals surface area contributed by atoms with E-state index in [1.807, 2.05) is 36.4 Å². The third-order valence-electron chi connectivity index (χ3n) is 7.35. The van der Waals surface area contributed by atoms with E-state index in [-0.39, 0.29) is 26.0 Å². The van der Waals surface area contributed by atoms with E-state index in [0.717, 1.165) is 27.6 Å². The highest BCUT2D eigenvalue weighted by molar-refractivity contribution is 5.94. The van der Waals surface area contributed by atoms with Crippen molar-refractivity contribution in [2.24, 2.45) is 5.73 Å². The molecule has 5 amide bonds. The van der Waals surface area contributed by atoms with Crippen molar-refractivity contribution in [2.75, 3.05) is 6.54 Å². The summed E-state index contributed by atoms with van der Waals surface area (Å²) in [4.78, 5) is 68.2. The number of aromatic nitrogens is 1. The highest BCUT2D eigenvalue weighted by Crippen LogP contribution is 2.20. The van der Waals surface area contributed by atoms with E-state index in [2.05, 4.69) is 26.3 Å². The minimum Gasteiger partial charge on any atom is -0.445 e. The number of para-hydroxylation sites is 1. The van der Waals surface area contributed by atoms with Gasteiger partial charge in [0.25, 0.3) is 0 Å². The van der Waals surface area contributed by atoms with Crippen molar-refractivity contribution < 1.29 is 33.4 Å². The van der Waals surface area contributed by atoms with Crippen LogP contribution in [0.3, 0.4) is 0 Å². The van der Waals surface area contributed by atoms with Gasteiger partial charge in [0, 0.05) is 29.9 Å². The van der Waals surface area contributed by atoms with Gasteiger partial charge < -0.3 is 41.5 Å². The zero-order valence-electron chi connectivity index (χ0n) is 27.7. The van der Waals surface area contributed by atoms with Gasteiger partial charge in [-0.2, -0.15) is 0 Å². The third-order valence-corrected chi connectivity index (χ3v) is 7.35. The Bertz CT molecular complexity index is 1740. The zero-order valence-corrected chi connectivity index (χ0v) is 27.7. The number of rotatable bonds is 14. The Kier molecular flexibility index (Phi) is 12.4. The Labute approximate surface area is 284 Å². The van der Waals surface area contributed by atoms with Gasteiger partial charge in [-0.1, -0.05) is 78.9 Å². The van der Waals surface area contributed by atoms with Gasteiger partial charge in [-0.05, 0) is 43.5 Å². The predicted octanol–water partition coefficient (Wildman–Crippen LogP) is 3.23. The van der Waals surface area contributed by atoms with Gasteiger partial charge in [-0.25, -0.2) is 9.59 Å². The van der Waals surface area contributed by atoms with Crippen LogP contribution in [0.1, 0.15) is 37.5 Å². The molecule has 0 unspecified atom stereocenters. The maximum Gasteiger partial charge on any atom is 0.408 e. The molecular formula is C36H42N6O7.